The van der Waals surface area contributed by atoms with Crippen molar-refractivity contribution in [3.8, 4) is 5.75 Å². The molecule has 0 aliphatic carbocycles. The molecule has 1 rings (SSSR count). The quantitative estimate of drug-likeness (QED) is 0.719. The Balaban J connectivity index is 3.28. The number of rotatable bonds is 3. The highest BCUT2D eigenvalue weighted by Crippen LogP contribution is 2.28. The summed E-state index contributed by atoms with van der Waals surface area (Å²) < 4.78 is 0. The Morgan fingerprint density at radius 3 is 2.64 bits per heavy atom. The lowest BCUT2D eigenvalue weighted by molar-refractivity contribution is 0.112. The van der Waals surface area contributed by atoms with E-state index in [9.17, 15) is 9.90 Å². The molecule has 0 amide bonds. The standard InChI is InChI=1S/C11H15NO2/c1-7-4-9(6-13)11(14)10(5-7)8(2)12-3/h4-6,8,12,14H,1-3H3/t8-/m1/s1. The lowest BCUT2D eigenvalue weighted by Gasteiger charge is -2.14. The third-order valence-electron chi connectivity index (χ3n) is 2.34. The third kappa shape index (κ3) is 1.93. The van der Waals surface area contributed by atoms with E-state index >= 15 is 0 Å². The van der Waals surface area contributed by atoms with Crippen molar-refractivity contribution in [2.24, 2.45) is 0 Å². The van der Waals surface area contributed by atoms with Crippen LogP contribution in [0.15, 0.2) is 12.1 Å². The fourth-order valence-electron chi connectivity index (χ4n) is 1.41. The highest BCUT2D eigenvalue weighted by Gasteiger charge is 2.12. The van der Waals surface area contributed by atoms with Gasteiger partial charge in [0.15, 0.2) is 6.29 Å². The number of benzene rings is 1. The van der Waals surface area contributed by atoms with E-state index in [-0.39, 0.29) is 11.8 Å². The Bertz CT molecular complexity index is 347. The molecule has 76 valence electrons. The van der Waals surface area contributed by atoms with Crippen LogP contribution in [0.1, 0.15) is 34.5 Å². The van der Waals surface area contributed by atoms with E-state index in [1.165, 1.54) is 0 Å². The zero-order valence-corrected chi connectivity index (χ0v) is 8.66. The molecular formula is C11H15NO2. The molecule has 0 spiro atoms. The number of aromatic hydroxyl groups is 1. The molecule has 0 aliphatic heterocycles. The molecule has 0 saturated heterocycles. The Morgan fingerprint density at radius 1 is 1.50 bits per heavy atom. The zero-order valence-electron chi connectivity index (χ0n) is 8.66. The summed E-state index contributed by atoms with van der Waals surface area (Å²) in [4.78, 5) is 10.7. The molecule has 1 aromatic rings. The molecule has 0 aliphatic rings. The van der Waals surface area contributed by atoms with Gasteiger partial charge in [-0.3, -0.25) is 4.79 Å². The first-order valence-corrected chi connectivity index (χ1v) is 4.56. The van der Waals surface area contributed by atoms with Gasteiger partial charge >= 0.3 is 0 Å². The van der Waals surface area contributed by atoms with Crippen LogP contribution in [0.5, 0.6) is 5.75 Å². The lowest BCUT2D eigenvalue weighted by Crippen LogP contribution is -2.13. The fourth-order valence-corrected chi connectivity index (χ4v) is 1.41. The summed E-state index contributed by atoms with van der Waals surface area (Å²) in [7, 11) is 1.81. The fraction of sp³-hybridized carbons (Fsp3) is 0.364. The maximum absolute atomic E-state index is 10.7. The van der Waals surface area contributed by atoms with Crippen LogP contribution >= 0.6 is 0 Å². The molecule has 2 N–H and O–H groups in total. The average molecular weight is 193 g/mol. The van der Waals surface area contributed by atoms with Crippen LogP contribution in [0, 0.1) is 6.92 Å². The molecule has 1 aromatic carbocycles. The van der Waals surface area contributed by atoms with Crippen molar-refractivity contribution in [1.29, 1.82) is 0 Å². The van der Waals surface area contributed by atoms with Gasteiger partial charge in [-0.25, -0.2) is 0 Å². The van der Waals surface area contributed by atoms with Crippen LogP contribution in [0.25, 0.3) is 0 Å². The molecule has 3 heteroatoms. The van der Waals surface area contributed by atoms with Gasteiger partial charge in [-0.15, -0.1) is 0 Å². The Labute approximate surface area is 83.8 Å². The van der Waals surface area contributed by atoms with Crippen LogP contribution < -0.4 is 5.32 Å². The number of nitrogens with one attached hydrogen (secondary N) is 1. The number of phenolic OH excluding ortho intramolecular Hbond substituents is 1. The first-order chi connectivity index (χ1) is 6.60. The summed E-state index contributed by atoms with van der Waals surface area (Å²) in [5.41, 5.74) is 2.08. The second-order valence-corrected chi connectivity index (χ2v) is 3.42. The van der Waals surface area contributed by atoms with Gasteiger partial charge in [-0.05, 0) is 32.5 Å². The molecule has 0 aromatic heterocycles. The minimum atomic E-state index is 0.0357. The molecule has 1 atom stereocenters. The Morgan fingerprint density at radius 2 is 2.14 bits per heavy atom. The highest BCUT2D eigenvalue weighted by molar-refractivity contribution is 5.80. The summed E-state index contributed by atoms with van der Waals surface area (Å²) in [6.45, 7) is 3.83. The molecule has 3 nitrogen and oxygen atoms in total. The van der Waals surface area contributed by atoms with Gasteiger partial charge in [-0.2, -0.15) is 0 Å². The number of aldehydes is 1. The number of hydrogen-bond acceptors (Lipinski definition) is 3. The number of carbonyl (C=O) groups excluding carboxylic acids is 1. The average Bonchev–Trinajstić information content (AvgIpc) is 2.19. The smallest absolute Gasteiger partial charge is 0.153 e. The second kappa shape index (κ2) is 4.24. The predicted octanol–water partition coefficient (Wildman–Crippen LogP) is 1.79. The topological polar surface area (TPSA) is 49.3 Å². The van der Waals surface area contributed by atoms with Gasteiger partial charge in [0, 0.05) is 11.6 Å². The van der Waals surface area contributed by atoms with Crippen molar-refractivity contribution in [3.05, 3.63) is 28.8 Å². The van der Waals surface area contributed by atoms with E-state index in [0.717, 1.165) is 11.1 Å². The normalized spacial score (nSPS) is 12.5. The lowest BCUT2D eigenvalue weighted by atomic mass is 10.0. The van der Waals surface area contributed by atoms with E-state index in [1.54, 1.807) is 6.07 Å². The Hall–Kier alpha value is -1.35. The maximum Gasteiger partial charge on any atom is 0.153 e. The van der Waals surface area contributed by atoms with Crippen LogP contribution in [0.2, 0.25) is 0 Å². The molecule has 0 bridgehead atoms. The number of hydrogen-bond donors (Lipinski definition) is 2. The van der Waals surface area contributed by atoms with Crippen LogP contribution in [0.4, 0.5) is 0 Å². The van der Waals surface area contributed by atoms with Crippen molar-refractivity contribution in [2.75, 3.05) is 7.05 Å². The minimum absolute atomic E-state index is 0.0357. The summed E-state index contributed by atoms with van der Waals surface area (Å²) in [6, 6.07) is 3.59. The Kier molecular flexibility index (Phi) is 3.25. The van der Waals surface area contributed by atoms with Gasteiger partial charge in [0.2, 0.25) is 0 Å². The van der Waals surface area contributed by atoms with E-state index in [1.807, 2.05) is 27.0 Å². The van der Waals surface area contributed by atoms with Crippen molar-refractivity contribution in [2.45, 2.75) is 19.9 Å². The van der Waals surface area contributed by atoms with Gasteiger partial charge < -0.3 is 10.4 Å². The van der Waals surface area contributed by atoms with Gasteiger partial charge in [0.25, 0.3) is 0 Å². The molecule has 14 heavy (non-hydrogen) atoms. The number of phenols is 1. The minimum Gasteiger partial charge on any atom is -0.507 e. The third-order valence-corrected chi connectivity index (χ3v) is 2.34. The van der Waals surface area contributed by atoms with Crippen LogP contribution in [-0.4, -0.2) is 18.4 Å². The summed E-state index contributed by atoms with van der Waals surface area (Å²) in [5.74, 6) is 0.0763. The molecule has 0 unspecified atom stereocenters. The zero-order chi connectivity index (χ0) is 10.7. The van der Waals surface area contributed by atoms with Crippen molar-refractivity contribution in [1.82, 2.24) is 5.32 Å². The van der Waals surface area contributed by atoms with E-state index in [2.05, 4.69) is 5.32 Å². The van der Waals surface area contributed by atoms with E-state index in [0.29, 0.717) is 11.8 Å². The highest BCUT2D eigenvalue weighted by atomic mass is 16.3. The molecular weight excluding hydrogens is 178 g/mol. The molecule has 0 heterocycles. The summed E-state index contributed by atoms with van der Waals surface area (Å²) in [6.07, 6.45) is 0.675. The number of aryl methyl sites for hydroxylation is 1. The monoisotopic (exact) mass is 193 g/mol. The predicted molar refractivity (Wildman–Crippen MR) is 55.7 cm³/mol. The SMILES string of the molecule is CN[C@H](C)c1cc(C)cc(C=O)c1O. The first kappa shape index (κ1) is 10.7. The van der Waals surface area contributed by atoms with Crippen molar-refractivity contribution >= 4 is 6.29 Å². The van der Waals surface area contributed by atoms with E-state index in [4.69, 9.17) is 0 Å². The van der Waals surface area contributed by atoms with Gasteiger partial charge in [0.1, 0.15) is 5.75 Å². The van der Waals surface area contributed by atoms with Crippen molar-refractivity contribution < 1.29 is 9.90 Å². The first-order valence-electron chi connectivity index (χ1n) is 4.56. The summed E-state index contributed by atoms with van der Waals surface area (Å²) in [5, 5.41) is 12.8. The van der Waals surface area contributed by atoms with E-state index < -0.39 is 0 Å². The summed E-state index contributed by atoms with van der Waals surface area (Å²) >= 11 is 0. The molecule has 0 radical (unpaired) electrons. The van der Waals surface area contributed by atoms with Crippen LogP contribution in [-0.2, 0) is 0 Å². The van der Waals surface area contributed by atoms with Crippen LogP contribution in [0.3, 0.4) is 0 Å². The number of carbonyl (C=O) groups is 1. The molecule has 0 saturated carbocycles. The second-order valence-electron chi connectivity index (χ2n) is 3.42. The van der Waals surface area contributed by atoms with Crippen molar-refractivity contribution in [3.63, 3.8) is 0 Å². The van der Waals surface area contributed by atoms with Gasteiger partial charge in [-0.1, -0.05) is 6.07 Å². The maximum atomic E-state index is 10.7. The largest absolute Gasteiger partial charge is 0.507 e. The molecule has 0 fully saturated rings. The van der Waals surface area contributed by atoms with Gasteiger partial charge in [0.05, 0.1) is 5.56 Å².